The molecular formula is C19H23NOS. The molecule has 0 aromatic heterocycles. The molecule has 3 heteroatoms. The lowest BCUT2D eigenvalue weighted by Gasteiger charge is -2.26. The number of amides is 1. The number of rotatable bonds is 6. The molecule has 1 amide bonds. The van der Waals surface area contributed by atoms with Gasteiger partial charge in [-0.05, 0) is 44.9 Å². The molecule has 0 radical (unpaired) electrons. The average Bonchev–Trinajstić information content (AvgIpc) is 2.46. The highest BCUT2D eigenvalue weighted by atomic mass is 32.2. The van der Waals surface area contributed by atoms with Crippen LogP contribution in [0.3, 0.4) is 0 Å². The van der Waals surface area contributed by atoms with E-state index in [1.807, 2.05) is 18.2 Å². The van der Waals surface area contributed by atoms with Gasteiger partial charge in [-0.25, -0.2) is 0 Å². The van der Waals surface area contributed by atoms with Crippen molar-refractivity contribution in [2.24, 2.45) is 0 Å². The van der Waals surface area contributed by atoms with E-state index in [0.717, 1.165) is 11.3 Å². The largest absolute Gasteiger partial charge is 0.350 e. The van der Waals surface area contributed by atoms with Crippen molar-refractivity contribution in [3.05, 3.63) is 65.7 Å². The van der Waals surface area contributed by atoms with Gasteiger partial charge in [-0.1, -0.05) is 48.0 Å². The van der Waals surface area contributed by atoms with Gasteiger partial charge in [-0.15, -0.1) is 11.8 Å². The van der Waals surface area contributed by atoms with Crippen LogP contribution in [-0.2, 0) is 11.2 Å². The molecule has 0 atom stereocenters. The minimum atomic E-state index is -0.244. The van der Waals surface area contributed by atoms with E-state index in [1.165, 1.54) is 11.1 Å². The number of carbonyl (C=O) groups is 1. The zero-order chi connectivity index (χ0) is 16.0. The number of nitrogens with one attached hydrogen (secondary N) is 1. The Balaban J connectivity index is 1.83. The van der Waals surface area contributed by atoms with Crippen molar-refractivity contribution in [3.63, 3.8) is 0 Å². The molecule has 2 nitrogen and oxygen atoms in total. The number of carbonyl (C=O) groups excluding carboxylic acids is 1. The fourth-order valence-electron chi connectivity index (χ4n) is 2.35. The third-order valence-electron chi connectivity index (χ3n) is 3.36. The number of hydrogen-bond donors (Lipinski definition) is 1. The smallest absolute Gasteiger partial charge is 0.230 e. The van der Waals surface area contributed by atoms with Crippen LogP contribution in [0.15, 0.2) is 59.5 Å². The van der Waals surface area contributed by atoms with Crippen molar-refractivity contribution in [3.8, 4) is 0 Å². The van der Waals surface area contributed by atoms with E-state index in [1.54, 1.807) is 11.8 Å². The van der Waals surface area contributed by atoms with Crippen molar-refractivity contribution in [1.29, 1.82) is 0 Å². The Hall–Kier alpha value is -1.74. The van der Waals surface area contributed by atoms with Crippen molar-refractivity contribution in [1.82, 2.24) is 5.32 Å². The second kappa shape index (κ2) is 7.50. The van der Waals surface area contributed by atoms with Crippen molar-refractivity contribution < 1.29 is 4.79 Å². The normalized spacial score (nSPS) is 11.2. The maximum atomic E-state index is 12.2. The quantitative estimate of drug-likeness (QED) is 0.809. The molecule has 0 saturated heterocycles. The molecule has 0 fully saturated rings. The van der Waals surface area contributed by atoms with Gasteiger partial charge in [-0.2, -0.15) is 0 Å². The highest BCUT2D eigenvalue weighted by Crippen LogP contribution is 2.19. The van der Waals surface area contributed by atoms with Crippen molar-refractivity contribution in [2.45, 2.75) is 37.6 Å². The number of thioether (sulfide) groups is 1. The third-order valence-corrected chi connectivity index (χ3v) is 4.37. The predicted octanol–water partition coefficient (Wildman–Crippen LogP) is 4.22. The maximum absolute atomic E-state index is 12.2. The van der Waals surface area contributed by atoms with Gasteiger partial charge in [0.15, 0.2) is 0 Å². The van der Waals surface area contributed by atoms with Crippen LogP contribution in [0.25, 0.3) is 0 Å². The molecule has 0 aliphatic heterocycles. The molecule has 0 aliphatic rings. The first-order valence-corrected chi connectivity index (χ1v) is 8.48. The Morgan fingerprint density at radius 3 is 2.32 bits per heavy atom. The second-order valence-electron chi connectivity index (χ2n) is 6.20. The summed E-state index contributed by atoms with van der Waals surface area (Å²) >= 11 is 1.57. The molecule has 0 saturated carbocycles. The van der Waals surface area contributed by atoms with Gasteiger partial charge in [0.05, 0.1) is 5.75 Å². The fourth-order valence-corrected chi connectivity index (χ4v) is 3.05. The average molecular weight is 313 g/mol. The van der Waals surface area contributed by atoms with Crippen molar-refractivity contribution in [2.75, 3.05) is 5.75 Å². The van der Waals surface area contributed by atoms with E-state index in [9.17, 15) is 4.79 Å². The molecule has 2 aromatic carbocycles. The van der Waals surface area contributed by atoms with Gasteiger partial charge >= 0.3 is 0 Å². The molecule has 2 aromatic rings. The molecule has 0 bridgehead atoms. The summed E-state index contributed by atoms with van der Waals surface area (Å²) in [5.74, 6) is 0.521. The zero-order valence-corrected chi connectivity index (χ0v) is 14.2. The fraction of sp³-hybridized carbons (Fsp3) is 0.316. The first-order valence-electron chi connectivity index (χ1n) is 7.49. The maximum Gasteiger partial charge on any atom is 0.230 e. The van der Waals surface area contributed by atoms with Gasteiger partial charge < -0.3 is 5.32 Å². The lowest BCUT2D eigenvalue weighted by atomic mass is 9.95. The Bertz CT molecular complexity index is 605. The molecule has 1 N–H and O–H groups in total. The lowest BCUT2D eigenvalue weighted by molar-refractivity contribution is -0.120. The van der Waals surface area contributed by atoms with Gasteiger partial charge in [0, 0.05) is 10.4 Å². The van der Waals surface area contributed by atoms with E-state index < -0.39 is 0 Å². The highest BCUT2D eigenvalue weighted by molar-refractivity contribution is 8.00. The molecule has 0 heterocycles. The third kappa shape index (κ3) is 5.57. The van der Waals surface area contributed by atoms with Crippen LogP contribution in [-0.4, -0.2) is 17.2 Å². The summed E-state index contributed by atoms with van der Waals surface area (Å²) < 4.78 is 0. The van der Waals surface area contributed by atoms with E-state index in [4.69, 9.17) is 0 Å². The van der Waals surface area contributed by atoms with E-state index in [-0.39, 0.29) is 11.4 Å². The summed E-state index contributed by atoms with van der Waals surface area (Å²) in [4.78, 5) is 13.3. The number of aryl methyl sites for hydroxylation is 1. The molecule has 0 unspecified atom stereocenters. The van der Waals surface area contributed by atoms with Crippen LogP contribution in [0.1, 0.15) is 25.0 Å². The van der Waals surface area contributed by atoms with Crippen LogP contribution >= 0.6 is 11.8 Å². The topological polar surface area (TPSA) is 29.1 Å². The monoisotopic (exact) mass is 313 g/mol. The molecule has 0 spiro atoms. The van der Waals surface area contributed by atoms with E-state index in [0.29, 0.717) is 5.75 Å². The van der Waals surface area contributed by atoms with E-state index >= 15 is 0 Å². The Morgan fingerprint density at radius 1 is 1.05 bits per heavy atom. The lowest BCUT2D eigenvalue weighted by Crippen LogP contribution is -2.45. The number of hydrogen-bond acceptors (Lipinski definition) is 2. The summed E-state index contributed by atoms with van der Waals surface area (Å²) in [6.07, 6.45) is 0.828. The number of benzene rings is 2. The second-order valence-corrected chi connectivity index (χ2v) is 7.24. The summed E-state index contributed by atoms with van der Waals surface area (Å²) in [5, 5.41) is 3.13. The molecule has 0 aliphatic carbocycles. The zero-order valence-electron chi connectivity index (χ0n) is 13.4. The molecule has 116 valence electrons. The van der Waals surface area contributed by atoms with Crippen LogP contribution in [0, 0.1) is 6.92 Å². The summed E-state index contributed by atoms with van der Waals surface area (Å²) in [5.41, 5.74) is 2.23. The minimum absolute atomic E-state index is 0.0755. The van der Waals surface area contributed by atoms with Gasteiger partial charge in [0.2, 0.25) is 5.91 Å². The first kappa shape index (κ1) is 16.6. The predicted molar refractivity (Wildman–Crippen MR) is 94.3 cm³/mol. The SMILES string of the molecule is Cc1ccc(SCC(=O)NC(C)(C)Cc2ccccc2)cc1. The highest BCUT2D eigenvalue weighted by Gasteiger charge is 2.20. The summed E-state index contributed by atoms with van der Waals surface area (Å²) in [6.45, 7) is 6.19. The van der Waals surface area contributed by atoms with Crippen LogP contribution in [0.2, 0.25) is 0 Å². The van der Waals surface area contributed by atoms with Crippen LogP contribution in [0.5, 0.6) is 0 Å². The Labute approximate surface area is 137 Å². The van der Waals surface area contributed by atoms with Crippen LogP contribution in [0.4, 0.5) is 0 Å². The van der Waals surface area contributed by atoms with E-state index in [2.05, 4.69) is 62.5 Å². The molecular weight excluding hydrogens is 290 g/mol. The minimum Gasteiger partial charge on any atom is -0.350 e. The Morgan fingerprint density at radius 2 is 1.68 bits per heavy atom. The summed E-state index contributed by atoms with van der Waals surface area (Å²) in [6, 6.07) is 18.5. The van der Waals surface area contributed by atoms with Gasteiger partial charge in [-0.3, -0.25) is 4.79 Å². The molecule has 2 rings (SSSR count). The molecule has 22 heavy (non-hydrogen) atoms. The van der Waals surface area contributed by atoms with Crippen molar-refractivity contribution >= 4 is 17.7 Å². The van der Waals surface area contributed by atoms with Gasteiger partial charge in [0.1, 0.15) is 0 Å². The summed E-state index contributed by atoms with van der Waals surface area (Å²) in [7, 11) is 0. The Kier molecular flexibility index (Phi) is 5.67. The standard InChI is InChI=1S/C19H23NOS/c1-15-9-11-17(12-10-15)22-14-18(21)20-19(2,3)13-16-7-5-4-6-8-16/h4-12H,13-14H2,1-3H3,(H,20,21). The first-order chi connectivity index (χ1) is 10.4. The van der Waals surface area contributed by atoms with Crippen LogP contribution < -0.4 is 5.32 Å². The van der Waals surface area contributed by atoms with Gasteiger partial charge in [0.25, 0.3) is 0 Å².